The van der Waals surface area contributed by atoms with Gasteiger partial charge in [-0.15, -0.1) is 0 Å². The topological polar surface area (TPSA) is 63.6 Å². The van der Waals surface area contributed by atoms with Gasteiger partial charge in [-0.25, -0.2) is 5.43 Å². The van der Waals surface area contributed by atoms with Crippen molar-refractivity contribution in [3.8, 4) is 5.75 Å². The molecule has 0 saturated heterocycles. The van der Waals surface area contributed by atoms with Gasteiger partial charge >= 0.3 is 0 Å². The highest BCUT2D eigenvalue weighted by atomic mass is 79.9. The highest BCUT2D eigenvalue weighted by Crippen LogP contribution is 2.22. The molecule has 2 rings (SSSR count). The van der Waals surface area contributed by atoms with Gasteiger partial charge in [0.15, 0.2) is 0 Å². The molecule has 2 aromatic rings. The summed E-state index contributed by atoms with van der Waals surface area (Å²) in [7, 11) is 1.51. The van der Waals surface area contributed by atoms with Gasteiger partial charge in [0.1, 0.15) is 5.75 Å². The maximum Gasteiger partial charge on any atom is 0.275 e. The number of amides is 1. The molecular weight excluding hydrogens is 334 g/mol. The Bertz CT molecular complexity index is 686. The first-order valence-corrected chi connectivity index (χ1v) is 7.00. The van der Waals surface area contributed by atoms with E-state index in [0.29, 0.717) is 17.0 Å². The van der Waals surface area contributed by atoms with Crippen molar-refractivity contribution < 1.29 is 9.53 Å². The van der Waals surface area contributed by atoms with Crippen molar-refractivity contribution in [2.24, 2.45) is 5.10 Å². The Morgan fingerprint density at radius 2 is 2.19 bits per heavy atom. The van der Waals surface area contributed by atoms with Crippen LogP contribution in [-0.2, 0) is 0 Å². The van der Waals surface area contributed by atoms with Crippen LogP contribution in [0.15, 0.2) is 46.0 Å². The Hall–Kier alpha value is -2.21. The van der Waals surface area contributed by atoms with Crippen LogP contribution in [0.4, 0.5) is 0 Å². The molecule has 1 heterocycles. The van der Waals surface area contributed by atoms with Gasteiger partial charge in [-0.05, 0) is 37.3 Å². The third kappa shape index (κ3) is 4.13. The van der Waals surface area contributed by atoms with Crippen molar-refractivity contribution in [1.29, 1.82) is 0 Å². The summed E-state index contributed by atoms with van der Waals surface area (Å²) in [4.78, 5) is 16.3. The van der Waals surface area contributed by atoms with Gasteiger partial charge in [-0.1, -0.05) is 22.0 Å². The largest absolute Gasteiger partial charge is 0.496 e. The van der Waals surface area contributed by atoms with Crippen LogP contribution >= 0.6 is 15.9 Å². The van der Waals surface area contributed by atoms with Crippen LogP contribution in [0.3, 0.4) is 0 Å². The van der Waals surface area contributed by atoms with Gasteiger partial charge in [0.25, 0.3) is 5.91 Å². The monoisotopic (exact) mass is 347 g/mol. The molecule has 0 spiro atoms. The molecule has 0 bridgehead atoms. The molecule has 0 aliphatic heterocycles. The number of hydrogen-bond donors (Lipinski definition) is 1. The van der Waals surface area contributed by atoms with E-state index in [2.05, 4.69) is 31.4 Å². The predicted octanol–water partition coefficient (Wildman–Crippen LogP) is 2.93. The third-order valence-electron chi connectivity index (χ3n) is 2.68. The molecule has 5 nitrogen and oxygen atoms in total. The van der Waals surface area contributed by atoms with E-state index in [9.17, 15) is 4.79 Å². The van der Waals surface area contributed by atoms with Crippen molar-refractivity contribution in [2.75, 3.05) is 7.11 Å². The van der Waals surface area contributed by atoms with Crippen LogP contribution in [0.1, 0.15) is 21.7 Å². The average Bonchev–Trinajstić information content (AvgIpc) is 2.47. The lowest BCUT2D eigenvalue weighted by molar-refractivity contribution is 0.0952. The summed E-state index contributed by atoms with van der Waals surface area (Å²) in [5.41, 5.74) is 4.43. The van der Waals surface area contributed by atoms with Crippen LogP contribution in [-0.4, -0.2) is 24.2 Å². The number of benzene rings is 1. The van der Waals surface area contributed by atoms with E-state index in [1.807, 2.05) is 25.1 Å². The van der Waals surface area contributed by atoms with Crippen molar-refractivity contribution in [3.05, 3.63) is 57.8 Å². The van der Waals surface area contributed by atoms with Crippen LogP contribution in [0.25, 0.3) is 0 Å². The Morgan fingerprint density at radius 1 is 1.38 bits per heavy atom. The van der Waals surface area contributed by atoms with Gasteiger partial charge in [0.05, 0.1) is 24.6 Å². The van der Waals surface area contributed by atoms with Crippen LogP contribution in [0.5, 0.6) is 5.75 Å². The predicted molar refractivity (Wildman–Crippen MR) is 84.7 cm³/mol. The molecule has 21 heavy (non-hydrogen) atoms. The molecule has 1 aromatic heterocycles. The number of rotatable bonds is 4. The zero-order chi connectivity index (χ0) is 15.2. The van der Waals surface area contributed by atoms with Crippen LogP contribution < -0.4 is 10.2 Å². The number of aryl methyl sites for hydroxylation is 1. The molecule has 6 heteroatoms. The zero-order valence-corrected chi connectivity index (χ0v) is 13.2. The minimum Gasteiger partial charge on any atom is -0.496 e. The van der Waals surface area contributed by atoms with Crippen LogP contribution in [0, 0.1) is 6.92 Å². The van der Waals surface area contributed by atoms with E-state index in [-0.39, 0.29) is 5.91 Å². The van der Waals surface area contributed by atoms with E-state index in [1.54, 1.807) is 18.2 Å². The summed E-state index contributed by atoms with van der Waals surface area (Å²) in [6, 6.07) is 10.8. The average molecular weight is 348 g/mol. The van der Waals surface area contributed by atoms with E-state index in [4.69, 9.17) is 4.74 Å². The van der Waals surface area contributed by atoms with Crippen molar-refractivity contribution in [3.63, 3.8) is 0 Å². The number of ether oxygens (including phenoxy) is 1. The number of carbonyl (C=O) groups excluding carboxylic acids is 1. The third-order valence-corrected chi connectivity index (χ3v) is 3.17. The first kappa shape index (κ1) is 15.2. The SMILES string of the molecule is COc1ccc(Br)cc1C(=O)NN=Cc1cccc(C)n1. The number of pyridine rings is 1. The standard InChI is InChI=1S/C15H14BrN3O2/c1-10-4-3-5-12(18-10)9-17-19-15(20)13-8-11(16)6-7-14(13)21-2/h3-9H,1-2H3,(H,19,20). The second kappa shape index (κ2) is 6.99. The quantitative estimate of drug-likeness (QED) is 0.683. The van der Waals surface area contributed by atoms with Crippen molar-refractivity contribution in [2.45, 2.75) is 6.92 Å². The second-order valence-electron chi connectivity index (χ2n) is 4.25. The number of halogens is 1. The summed E-state index contributed by atoms with van der Waals surface area (Å²) >= 11 is 3.32. The molecule has 0 aliphatic carbocycles. The van der Waals surface area contributed by atoms with E-state index >= 15 is 0 Å². The highest BCUT2D eigenvalue weighted by molar-refractivity contribution is 9.10. The van der Waals surface area contributed by atoms with Gasteiger partial charge in [0, 0.05) is 10.2 Å². The minimum absolute atomic E-state index is 0.350. The van der Waals surface area contributed by atoms with Crippen LogP contribution in [0.2, 0.25) is 0 Å². The molecule has 0 fully saturated rings. The lowest BCUT2D eigenvalue weighted by Crippen LogP contribution is -2.18. The molecule has 1 N–H and O–H groups in total. The summed E-state index contributed by atoms with van der Waals surface area (Å²) in [5, 5.41) is 3.91. The smallest absolute Gasteiger partial charge is 0.275 e. The highest BCUT2D eigenvalue weighted by Gasteiger charge is 2.11. The molecule has 0 saturated carbocycles. The Balaban J connectivity index is 2.10. The van der Waals surface area contributed by atoms with Crippen molar-refractivity contribution >= 4 is 28.1 Å². The zero-order valence-electron chi connectivity index (χ0n) is 11.6. The molecule has 0 atom stereocenters. The van der Waals surface area contributed by atoms with E-state index in [1.165, 1.54) is 13.3 Å². The number of nitrogens with one attached hydrogen (secondary N) is 1. The van der Waals surface area contributed by atoms with E-state index < -0.39 is 0 Å². The lowest BCUT2D eigenvalue weighted by Gasteiger charge is -2.07. The molecular formula is C15H14BrN3O2. The number of aromatic nitrogens is 1. The Kier molecular flexibility index (Phi) is 5.05. The Morgan fingerprint density at radius 3 is 2.90 bits per heavy atom. The fraction of sp³-hybridized carbons (Fsp3) is 0.133. The fourth-order valence-corrected chi connectivity index (χ4v) is 2.07. The molecule has 0 radical (unpaired) electrons. The molecule has 1 aromatic carbocycles. The Labute approximate surface area is 131 Å². The summed E-state index contributed by atoms with van der Waals surface area (Å²) in [6.45, 7) is 1.89. The van der Waals surface area contributed by atoms with Gasteiger partial charge in [0.2, 0.25) is 0 Å². The number of carbonyl (C=O) groups is 1. The first-order chi connectivity index (χ1) is 10.1. The van der Waals surface area contributed by atoms with Gasteiger partial charge < -0.3 is 4.74 Å². The summed E-state index contributed by atoms with van der Waals surface area (Å²) in [5.74, 6) is 0.136. The molecule has 0 unspecified atom stereocenters. The molecule has 108 valence electrons. The lowest BCUT2D eigenvalue weighted by atomic mass is 10.2. The fourth-order valence-electron chi connectivity index (χ4n) is 1.71. The van der Waals surface area contributed by atoms with Gasteiger partial charge in [-0.2, -0.15) is 5.10 Å². The summed E-state index contributed by atoms with van der Waals surface area (Å²) < 4.78 is 5.95. The summed E-state index contributed by atoms with van der Waals surface area (Å²) in [6.07, 6.45) is 1.50. The number of methoxy groups -OCH3 is 1. The number of nitrogens with zero attached hydrogens (tertiary/aromatic N) is 2. The maximum atomic E-state index is 12.1. The van der Waals surface area contributed by atoms with E-state index in [0.717, 1.165) is 10.2 Å². The molecule has 1 amide bonds. The maximum absolute atomic E-state index is 12.1. The normalized spacial score (nSPS) is 10.6. The molecule has 0 aliphatic rings. The second-order valence-corrected chi connectivity index (χ2v) is 5.16. The first-order valence-electron chi connectivity index (χ1n) is 6.21. The van der Waals surface area contributed by atoms with Gasteiger partial charge in [-0.3, -0.25) is 9.78 Å². The number of hydrazone groups is 1. The number of hydrogen-bond acceptors (Lipinski definition) is 4. The van der Waals surface area contributed by atoms with Crippen molar-refractivity contribution in [1.82, 2.24) is 10.4 Å². The minimum atomic E-state index is -0.350.